The van der Waals surface area contributed by atoms with Crippen molar-refractivity contribution in [3.63, 3.8) is 0 Å². The molecule has 1 fully saturated rings. The summed E-state index contributed by atoms with van der Waals surface area (Å²) in [7, 11) is 0. The molecule has 2 amide bonds. The summed E-state index contributed by atoms with van der Waals surface area (Å²) in [5, 5.41) is 65.6. The third-order valence-electron chi connectivity index (χ3n) is 6.94. The summed E-state index contributed by atoms with van der Waals surface area (Å²) in [6.45, 7) is 0.749. The quantitative estimate of drug-likeness (QED) is 0.103. The second kappa shape index (κ2) is 18.3. The molecule has 40 heavy (non-hydrogen) atoms. The first-order valence-corrected chi connectivity index (χ1v) is 14.0. The molecule has 1 heterocycles. The SMILES string of the molecule is CC(=O)N[C@@H](CO[C@H]1OC(CO)[C@H](O)[C@H](O)C1O)[C@H](O)[C@H](O)CCCC(=O)NCCCCCCc1ccccc1. The predicted molar refractivity (Wildman–Crippen MR) is 145 cm³/mol. The summed E-state index contributed by atoms with van der Waals surface area (Å²) < 4.78 is 10.7. The van der Waals surface area contributed by atoms with Crippen LogP contribution in [0.25, 0.3) is 0 Å². The Balaban J connectivity index is 1.66. The van der Waals surface area contributed by atoms with Crippen LogP contribution in [0.5, 0.6) is 0 Å². The summed E-state index contributed by atoms with van der Waals surface area (Å²) in [6, 6.07) is 9.21. The average Bonchev–Trinajstić information content (AvgIpc) is 2.94. The Bertz CT molecular complexity index is 859. The number of aliphatic hydroxyl groups is 6. The van der Waals surface area contributed by atoms with E-state index in [0.717, 1.165) is 32.1 Å². The van der Waals surface area contributed by atoms with Crippen molar-refractivity contribution in [2.45, 2.75) is 107 Å². The number of aliphatic hydroxyl groups excluding tert-OH is 6. The van der Waals surface area contributed by atoms with Crippen LogP contribution in [-0.2, 0) is 25.5 Å². The maximum atomic E-state index is 12.1. The number of unbranched alkanes of at least 4 members (excludes halogenated alkanes) is 3. The maximum Gasteiger partial charge on any atom is 0.219 e. The number of hydrogen-bond donors (Lipinski definition) is 8. The largest absolute Gasteiger partial charge is 0.394 e. The van der Waals surface area contributed by atoms with E-state index in [1.165, 1.54) is 12.5 Å². The molecule has 2 rings (SSSR count). The molecule has 8 N–H and O–H groups in total. The van der Waals surface area contributed by atoms with Crippen LogP contribution in [0.3, 0.4) is 0 Å². The second-order valence-corrected chi connectivity index (χ2v) is 10.3. The van der Waals surface area contributed by atoms with Crippen molar-refractivity contribution >= 4 is 11.8 Å². The monoisotopic (exact) mass is 570 g/mol. The summed E-state index contributed by atoms with van der Waals surface area (Å²) in [5.74, 6) is -0.650. The van der Waals surface area contributed by atoms with Crippen LogP contribution in [0.1, 0.15) is 57.4 Å². The van der Waals surface area contributed by atoms with Crippen molar-refractivity contribution in [1.82, 2.24) is 10.6 Å². The summed E-state index contributed by atoms with van der Waals surface area (Å²) in [4.78, 5) is 23.8. The van der Waals surface area contributed by atoms with Crippen molar-refractivity contribution < 1.29 is 49.7 Å². The minimum absolute atomic E-state index is 0.0875. The third-order valence-corrected chi connectivity index (χ3v) is 6.94. The number of benzene rings is 1. The fourth-order valence-electron chi connectivity index (χ4n) is 4.57. The lowest BCUT2D eigenvalue weighted by Crippen LogP contribution is -2.60. The molecule has 12 heteroatoms. The van der Waals surface area contributed by atoms with Gasteiger partial charge in [0.2, 0.25) is 11.8 Å². The van der Waals surface area contributed by atoms with Crippen molar-refractivity contribution in [1.29, 1.82) is 0 Å². The second-order valence-electron chi connectivity index (χ2n) is 10.3. The van der Waals surface area contributed by atoms with Crippen molar-refractivity contribution in [2.75, 3.05) is 19.8 Å². The Hall–Kier alpha value is -2.16. The van der Waals surface area contributed by atoms with Gasteiger partial charge >= 0.3 is 0 Å². The molecule has 0 spiro atoms. The Morgan fingerprint density at radius 1 is 0.975 bits per heavy atom. The highest BCUT2D eigenvalue weighted by atomic mass is 16.7. The molecule has 1 aliphatic rings. The van der Waals surface area contributed by atoms with Gasteiger partial charge in [-0.3, -0.25) is 9.59 Å². The molecule has 1 aromatic rings. The Morgan fingerprint density at radius 2 is 1.68 bits per heavy atom. The molecule has 0 radical (unpaired) electrons. The molecule has 12 nitrogen and oxygen atoms in total. The fourth-order valence-corrected chi connectivity index (χ4v) is 4.57. The molecule has 0 aliphatic carbocycles. The van der Waals surface area contributed by atoms with Gasteiger partial charge in [0, 0.05) is 19.9 Å². The van der Waals surface area contributed by atoms with E-state index in [1.807, 2.05) is 18.2 Å². The summed E-state index contributed by atoms with van der Waals surface area (Å²) in [5.41, 5.74) is 1.33. The lowest BCUT2D eigenvalue weighted by molar-refractivity contribution is -0.303. The van der Waals surface area contributed by atoms with Gasteiger partial charge < -0.3 is 50.7 Å². The fraction of sp³-hybridized carbons (Fsp3) is 0.714. The first kappa shape index (κ1) is 34.0. The zero-order valence-corrected chi connectivity index (χ0v) is 23.1. The van der Waals surface area contributed by atoms with Gasteiger partial charge in [-0.25, -0.2) is 0 Å². The molecule has 228 valence electrons. The molecular weight excluding hydrogens is 524 g/mol. The van der Waals surface area contributed by atoms with Crippen molar-refractivity contribution in [3.05, 3.63) is 35.9 Å². The first-order valence-electron chi connectivity index (χ1n) is 14.0. The van der Waals surface area contributed by atoms with Crippen LogP contribution in [0.2, 0.25) is 0 Å². The highest BCUT2D eigenvalue weighted by Crippen LogP contribution is 2.22. The molecule has 2 unspecified atom stereocenters. The van der Waals surface area contributed by atoms with Gasteiger partial charge in [-0.15, -0.1) is 0 Å². The van der Waals surface area contributed by atoms with Gasteiger partial charge in [-0.05, 0) is 37.7 Å². The van der Waals surface area contributed by atoms with Gasteiger partial charge in [0.25, 0.3) is 0 Å². The molecular formula is C28H46N2O10. The smallest absolute Gasteiger partial charge is 0.219 e. The van der Waals surface area contributed by atoms with E-state index >= 15 is 0 Å². The van der Waals surface area contributed by atoms with Gasteiger partial charge in [0.05, 0.1) is 25.4 Å². The normalized spacial score (nSPS) is 25.1. The lowest BCUT2D eigenvalue weighted by Gasteiger charge is -2.40. The van der Waals surface area contributed by atoms with E-state index < -0.39 is 68.1 Å². The Kier molecular flexibility index (Phi) is 15.6. The van der Waals surface area contributed by atoms with Gasteiger partial charge in [-0.1, -0.05) is 43.2 Å². The van der Waals surface area contributed by atoms with Gasteiger partial charge in [0.1, 0.15) is 30.5 Å². The van der Waals surface area contributed by atoms with Crippen LogP contribution in [-0.4, -0.2) is 111 Å². The molecule has 1 aromatic carbocycles. The topological polar surface area (TPSA) is 198 Å². The Labute approximate surface area is 235 Å². The standard InChI is InChI=1S/C28H46N2O10/c1-18(32)30-20(17-39-28-27(38)26(37)25(36)22(16-31)40-28)24(35)21(33)13-9-14-23(34)29-15-8-3-2-5-10-19-11-6-4-7-12-19/h4,6-7,11-12,20-22,24-28,31,33,35-38H,2-3,5,8-10,13-17H2,1H3,(H,29,34)(H,30,32)/t20-,21+,22?,24-,25-,26-,27?,28-/m0/s1. The van der Waals surface area contributed by atoms with E-state index in [0.29, 0.717) is 13.0 Å². The van der Waals surface area contributed by atoms with E-state index in [4.69, 9.17) is 9.47 Å². The zero-order chi connectivity index (χ0) is 29.5. The number of carbonyl (C=O) groups is 2. The van der Waals surface area contributed by atoms with Crippen LogP contribution < -0.4 is 10.6 Å². The number of carbonyl (C=O) groups excluding carboxylic acids is 2. The highest BCUT2D eigenvalue weighted by molar-refractivity contribution is 5.75. The third kappa shape index (κ3) is 11.8. The van der Waals surface area contributed by atoms with E-state index in [2.05, 4.69) is 22.8 Å². The van der Waals surface area contributed by atoms with E-state index in [-0.39, 0.29) is 18.7 Å². The molecule has 0 saturated carbocycles. The highest BCUT2D eigenvalue weighted by Gasteiger charge is 2.44. The number of ether oxygens (including phenoxy) is 2. The predicted octanol–water partition coefficient (Wildman–Crippen LogP) is -0.881. The molecule has 1 saturated heterocycles. The van der Waals surface area contributed by atoms with E-state index in [1.54, 1.807) is 0 Å². The van der Waals surface area contributed by atoms with Crippen molar-refractivity contribution in [2.24, 2.45) is 0 Å². The number of hydrogen-bond acceptors (Lipinski definition) is 10. The minimum Gasteiger partial charge on any atom is -0.394 e. The van der Waals surface area contributed by atoms with Crippen LogP contribution in [0, 0.1) is 0 Å². The van der Waals surface area contributed by atoms with Crippen LogP contribution in [0.15, 0.2) is 30.3 Å². The van der Waals surface area contributed by atoms with Crippen LogP contribution in [0.4, 0.5) is 0 Å². The van der Waals surface area contributed by atoms with Crippen molar-refractivity contribution in [3.8, 4) is 0 Å². The van der Waals surface area contributed by atoms with Crippen LogP contribution >= 0.6 is 0 Å². The van der Waals surface area contributed by atoms with E-state index in [9.17, 15) is 40.2 Å². The number of aryl methyl sites for hydroxylation is 1. The zero-order valence-electron chi connectivity index (χ0n) is 23.1. The summed E-state index contributed by atoms with van der Waals surface area (Å²) >= 11 is 0. The number of nitrogens with one attached hydrogen (secondary N) is 2. The number of rotatable bonds is 18. The lowest BCUT2D eigenvalue weighted by atomic mass is 9.99. The Morgan fingerprint density at radius 3 is 2.35 bits per heavy atom. The first-order chi connectivity index (χ1) is 19.1. The molecule has 1 aliphatic heterocycles. The number of amides is 2. The molecule has 0 aromatic heterocycles. The van der Waals surface area contributed by atoms with Gasteiger partial charge in [-0.2, -0.15) is 0 Å². The molecule has 0 bridgehead atoms. The molecule has 8 atom stereocenters. The maximum absolute atomic E-state index is 12.1. The van der Waals surface area contributed by atoms with Gasteiger partial charge in [0.15, 0.2) is 6.29 Å². The summed E-state index contributed by atoms with van der Waals surface area (Å²) in [6.07, 6.45) is -4.52. The minimum atomic E-state index is -1.65. The average molecular weight is 571 g/mol.